The Bertz CT molecular complexity index is 741. The molecule has 8 heteroatoms. The first-order valence-corrected chi connectivity index (χ1v) is 10.7. The standard InChI is InChI=1S/C21H31ClN5O2/c1-2-16-13-15(14-18(22)20(16)23)3-4-19(28)26-7-5-17(6-8-26)25-9-11-27(12-10-25)21(24)29/h4,13-14,17H,2-3,5-12,23H2,1H3,(H2,24,29). The summed E-state index contributed by atoms with van der Waals surface area (Å²) < 4.78 is 0. The van der Waals surface area contributed by atoms with Crippen LogP contribution in [0.25, 0.3) is 0 Å². The molecule has 7 nitrogen and oxygen atoms in total. The lowest BCUT2D eigenvalue weighted by atomic mass is 10.0. The predicted octanol–water partition coefficient (Wildman–Crippen LogP) is 1.92. The maximum absolute atomic E-state index is 12.6. The summed E-state index contributed by atoms with van der Waals surface area (Å²) in [7, 11) is 0. The Morgan fingerprint density at radius 1 is 1.10 bits per heavy atom. The van der Waals surface area contributed by atoms with Gasteiger partial charge in [0.15, 0.2) is 0 Å². The summed E-state index contributed by atoms with van der Waals surface area (Å²) in [6.07, 6.45) is 5.04. The van der Waals surface area contributed by atoms with Gasteiger partial charge < -0.3 is 21.3 Å². The largest absolute Gasteiger partial charge is 0.397 e. The zero-order valence-corrected chi connectivity index (χ0v) is 17.8. The molecule has 1 aromatic carbocycles. The number of nitrogens with two attached hydrogens (primary N) is 2. The van der Waals surface area contributed by atoms with Gasteiger partial charge in [0.2, 0.25) is 5.91 Å². The van der Waals surface area contributed by atoms with E-state index in [9.17, 15) is 9.59 Å². The van der Waals surface area contributed by atoms with Crippen molar-refractivity contribution in [2.45, 2.75) is 38.6 Å². The van der Waals surface area contributed by atoms with Gasteiger partial charge in [-0.1, -0.05) is 24.6 Å². The first-order valence-electron chi connectivity index (χ1n) is 10.4. The topological polar surface area (TPSA) is 95.9 Å². The molecule has 2 saturated heterocycles. The number of piperidine rings is 1. The molecular formula is C21H31ClN5O2. The van der Waals surface area contributed by atoms with Crippen molar-refractivity contribution in [1.82, 2.24) is 14.7 Å². The molecule has 0 aliphatic carbocycles. The Hall–Kier alpha value is -1.99. The molecule has 4 N–H and O–H groups in total. The minimum atomic E-state index is -0.339. The molecule has 0 aromatic heterocycles. The van der Waals surface area contributed by atoms with Crippen LogP contribution in [-0.4, -0.2) is 71.9 Å². The van der Waals surface area contributed by atoms with Gasteiger partial charge in [-0.15, -0.1) is 0 Å². The summed E-state index contributed by atoms with van der Waals surface area (Å²) >= 11 is 6.21. The molecule has 29 heavy (non-hydrogen) atoms. The third-order valence-corrected chi connectivity index (χ3v) is 6.40. The van der Waals surface area contributed by atoms with E-state index in [0.717, 1.165) is 56.6 Å². The minimum absolute atomic E-state index is 0.0768. The maximum atomic E-state index is 12.6. The number of nitrogen functional groups attached to an aromatic ring is 1. The molecule has 0 spiro atoms. The molecule has 2 aliphatic heterocycles. The molecule has 3 rings (SSSR count). The van der Waals surface area contributed by atoms with Gasteiger partial charge in [0.25, 0.3) is 0 Å². The van der Waals surface area contributed by atoms with E-state index in [4.69, 9.17) is 23.1 Å². The highest BCUT2D eigenvalue weighted by atomic mass is 35.5. The Kier molecular flexibility index (Phi) is 7.24. The fraction of sp³-hybridized carbons (Fsp3) is 0.571. The van der Waals surface area contributed by atoms with Crippen LogP contribution >= 0.6 is 11.6 Å². The van der Waals surface area contributed by atoms with E-state index < -0.39 is 0 Å². The van der Waals surface area contributed by atoms with Crippen LogP contribution in [0.4, 0.5) is 10.5 Å². The highest BCUT2D eigenvalue weighted by Gasteiger charge is 2.29. The van der Waals surface area contributed by atoms with Gasteiger partial charge in [-0.3, -0.25) is 9.69 Å². The number of nitrogens with zero attached hydrogens (tertiary/aromatic N) is 3. The molecule has 2 fully saturated rings. The molecule has 0 atom stereocenters. The van der Waals surface area contributed by atoms with E-state index in [-0.39, 0.29) is 11.9 Å². The van der Waals surface area contributed by atoms with E-state index in [1.165, 1.54) is 0 Å². The summed E-state index contributed by atoms with van der Waals surface area (Å²) in [5.41, 5.74) is 14.0. The Morgan fingerprint density at radius 3 is 2.34 bits per heavy atom. The van der Waals surface area contributed by atoms with Crippen LogP contribution in [0.5, 0.6) is 0 Å². The number of benzene rings is 1. The van der Waals surface area contributed by atoms with Crippen LogP contribution in [0.1, 0.15) is 30.9 Å². The number of aryl methyl sites for hydroxylation is 1. The highest BCUT2D eigenvalue weighted by molar-refractivity contribution is 6.33. The number of likely N-dealkylation sites (tertiary alicyclic amines) is 1. The van der Waals surface area contributed by atoms with Gasteiger partial charge in [0.05, 0.1) is 17.1 Å². The zero-order valence-electron chi connectivity index (χ0n) is 17.1. The predicted molar refractivity (Wildman–Crippen MR) is 116 cm³/mol. The molecule has 1 radical (unpaired) electrons. The molecule has 1 aromatic rings. The van der Waals surface area contributed by atoms with Crippen LogP contribution in [0.3, 0.4) is 0 Å². The Balaban J connectivity index is 1.45. The minimum Gasteiger partial charge on any atom is -0.397 e. The number of rotatable bonds is 5. The van der Waals surface area contributed by atoms with Crippen molar-refractivity contribution in [3.8, 4) is 0 Å². The molecule has 3 amide bonds. The smallest absolute Gasteiger partial charge is 0.314 e. The third kappa shape index (κ3) is 5.34. The number of primary amides is 1. The van der Waals surface area contributed by atoms with Gasteiger partial charge in [-0.25, -0.2) is 4.79 Å². The van der Waals surface area contributed by atoms with Crippen LogP contribution in [-0.2, 0) is 17.6 Å². The number of carbonyl (C=O) groups excluding carboxylic acids is 2. The average molecular weight is 421 g/mol. The first-order chi connectivity index (χ1) is 13.9. The number of hydrogen-bond acceptors (Lipinski definition) is 4. The van der Waals surface area contributed by atoms with Crippen LogP contribution in [0.2, 0.25) is 5.02 Å². The monoisotopic (exact) mass is 420 g/mol. The molecule has 2 heterocycles. The quantitative estimate of drug-likeness (QED) is 0.711. The molecule has 0 saturated carbocycles. The number of halogens is 1. The molecule has 2 aliphatic rings. The number of piperazine rings is 1. The van der Waals surface area contributed by atoms with E-state index in [1.54, 1.807) is 11.3 Å². The van der Waals surface area contributed by atoms with Gasteiger partial charge >= 0.3 is 6.03 Å². The number of amides is 3. The SMILES string of the molecule is CCc1cc(C[CH]C(=O)N2CCC(N3CCN(C(N)=O)CC3)CC2)cc(Cl)c1N. The van der Waals surface area contributed by atoms with Crippen molar-refractivity contribution in [1.29, 1.82) is 0 Å². The summed E-state index contributed by atoms with van der Waals surface area (Å²) in [6.45, 7) is 6.64. The van der Waals surface area contributed by atoms with Crippen molar-refractivity contribution in [3.05, 3.63) is 34.7 Å². The number of urea groups is 1. The zero-order chi connectivity index (χ0) is 21.0. The van der Waals surface area contributed by atoms with Gasteiger partial charge in [-0.05, 0) is 42.9 Å². The Morgan fingerprint density at radius 2 is 1.76 bits per heavy atom. The summed E-state index contributed by atoms with van der Waals surface area (Å²) in [4.78, 5) is 29.9. The van der Waals surface area contributed by atoms with Crippen molar-refractivity contribution in [2.75, 3.05) is 45.0 Å². The molecular weight excluding hydrogens is 390 g/mol. The average Bonchev–Trinajstić information content (AvgIpc) is 2.74. The lowest BCUT2D eigenvalue weighted by Gasteiger charge is -2.42. The highest BCUT2D eigenvalue weighted by Crippen LogP contribution is 2.26. The van der Waals surface area contributed by atoms with E-state index in [2.05, 4.69) is 4.90 Å². The first kappa shape index (κ1) is 21.7. The van der Waals surface area contributed by atoms with Crippen molar-refractivity contribution in [2.24, 2.45) is 5.73 Å². The number of hydrogen-bond donors (Lipinski definition) is 2. The fourth-order valence-corrected chi connectivity index (χ4v) is 4.50. The summed E-state index contributed by atoms with van der Waals surface area (Å²) in [5, 5.41) is 0.553. The second kappa shape index (κ2) is 9.67. The van der Waals surface area contributed by atoms with Gasteiger partial charge in [0, 0.05) is 45.3 Å². The number of anilines is 1. The van der Waals surface area contributed by atoms with Crippen LogP contribution in [0.15, 0.2) is 12.1 Å². The lowest BCUT2D eigenvalue weighted by Crippen LogP contribution is -2.55. The van der Waals surface area contributed by atoms with Gasteiger partial charge in [0.1, 0.15) is 0 Å². The van der Waals surface area contributed by atoms with Crippen molar-refractivity contribution < 1.29 is 9.59 Å². The molecule has 0 bridgehead atoms. The van der Waals surface area contributed by atoms with Crippen LogP contribution < -0.4 is 11.5 Å². The second-order valence-electron chi connectivity index (χ2n) is 7.83. The van der Waals surface area contributed by atoms with Crippen LogP contribution in [0, 0.1) is 6.42 Å². The third-order valence-electron chi connectivity index (χ3n) is 6.09. The van der Waals surface area contributed by atoms with E-state index >= 15 is 0 Å². The lowest BCUT2D eigenvalue weighted by molar-refractivity contribution is -0.129. The maximum Gasteiger partial charge on any atom is 0.314 e. The van der Waals surface area contributed by atoms with E-state index in [0.29, 0.717) is 36.3 Å². The summed E-state index contributed by atoms with van der Waals surface area (Å²) in [6, 6.07) is 4.01. The van der Waals surface area contributed by atoms with Crippen molar-refractivity contribution >= 4 is 29.2 Å². The second-order valence-corrected chi connectivity index (χ2v) is 8.24. The summed E-state index contributed by atoms with van der Waals surface area (Å²) in [5.74, 6) is 0.0768. The molecule has 0 unspecified atom stereocenters. The Labute approximate surface area is 177 Å². The van der Waals surface area contributed by atoms with E-state index in [1.807, 2.05) is 24.0 Å². The fourth-order valence-electron chi connectivity index (χ4n) is 4.24. The number of carbonyl (C=O) groups is 2. The molecule has 159 valence electrons. The van der Waals surface area contributed by atoms with Crippen molar-refractivity contribution in [3.63, 3.8) is 0 Å². The van der Waals surface area contributed by atoms with Gasteiger partial charge in [-0.2, -0.15) is 0 Å². The normalized spacial score (nSPS) is 18.8.